The van der Waals surface area contributed by atoms with Crippen molar-refractivity contribution >= 4 is 5.91 Å². The smallest absolute Gasteiger partial charge is 0.253 e. The van der Waals surface area contributed by atoms with Gasteiger partial charge in [-0.05, 0) is 6.92 Å². The molecule has 0 aromatic rings. The van der Waals surface area contributed by atoms with Gasteiger partial charge in [-0.15, -0.1) is 0 Å². The molecule has 0 radical (unpaired) electrons. The van der Waals surface area contributed by atoms with Crippen molar-refractivity contribution in [3.8, 4) is 0 Å². The van der Waals surface area contributed by atoms with E-state index in [9.17, 15) is 9.18 Å². The fourth-order valence-electron chi connectivity index (χ4n) is 0.199. The van der Waals surface area contributed by atoms with Gasteiger partial charge in [0, 0.05) is 7.05 Å². The van der Waals surface area contributed by atoms with Gasteiger partial charge in [-0.3, -0.25) is 4.79 Å². The van der Waals surface area contributed by atoms with Crippen molar-refractivity contribution in [1.29, 1.82) is 0 Å². The lowest BCUT2D eigenvalue weighted by Crippen LogP contribution is -2.25. The summed E-state index contributed by atoms with van der Waals surface area (Å²) in [6.07, 6.45) is -1.38. The van der Waals surface area contributed by atoms with Gasteiger partial charge in [-0.1, -0.05) is 0 Å². The largest absolute Gasteiger partial charge is 0.357 e. The van der Waals surface area contributed by atoms with E-state index in [1.165, 1.54) is 14.0 Å². The van der Waals surface area contributed by atoms with E-state index in [1.807, 2.05) is 0 Å². The maximum atomic E-state index is 11.7. The number of alkyl halides is 1. The van der Waals surface area contributed by atoms with Crippen LogP contribution in [-0.4, -0.2) is 19.1 Å². The van der Waals surface area contributed by atoms with Crippen LogP contribution < -0.4 is 5.32 Å². The quantitative estimate of drug-likeness (QED) is 0.503. The second kappa shape index (κ2) is 2.55. The summed E-state index contributed by atoms with van der Waals surface area (Å²) in [5.41, 5.74) is 0. The van der Waals surface area contributed by atoms with Gasteiger partial charge in [0.1, 0.15) is 0 Å². The van der Waals surface area contributed by atoms with Gasteiger partial charge in [0.2, 0.25) is 0 Å². The Kier molecular flexibility index (Phi) is 2.33. The van der Waals surface area contributed by atoms with Crippen LogP contribution >= 0.6 is 0 Å². The van der Waals surface area contributed by atoms with Crippen LogP contribution in [0.5, 0.6) is 0 Å². The molecule has 0 saturated heterocycles. The summed E-state index contributed by atoms with van der Waals surface area (Å²) in [5.74, 6) is -0.569. The number of carbonyl (C=O) groups excluding carboxylic acids is 1. The summed E-state index contributed by atoms with van der Waals surface area (Å²) in [6.45, 7) is 1.19. The monoisotopic (exact) mass is 105 g/mol. The van der Waals surface area contributed by atoms with Crippen LogP contribution in [0.15, 0.2) is 0 Å². The lowest BCUT2D eigenvalue weighted by atomic mass is 10.4. The van der Waals surface area contributed by atoms with E-state index in [2.05, 4.69) is 5.32 Å². The van der Waals surface area contributed by atoms with Gasteiger partial charge in [0.05, 0.1) is 0 Å². The van der Waals surface area contributed by atoms with Gasteiger partial charge in [-0.25, -0.2) is 4.39 Å². The molecular weight excluding hydrogens is 97.0 g/mol. The summed E-state index contributed by atoms with van der Waals surface area (Å²) in [5, 5.41) is 2.15. The molecule has 0 aromatic carbocycles. The van der Waals surface area contributed by atoms with E-state index < -0.39 is 12.1 Å². The van der Waals surface area contributed by atoms with Crippen LogP contribution in [0.2, 0.25) is 0 Å². The molecule has 0 bridgehead atoms. The fourth-order valence-corrected chi connectivity index (χ4v) is 0.199. The number of carbonyl (C=O) groups is 1. The number of rotatable bonds is 1. The van der Waals surface area contributed by atoms with E-state index in [0.29, 0.717) is 0 Å². The average Bonchev–Trinajstić information content (AvgIpc) is 1.65. The molecule has 1 amide bonds. The normalized spacial score (nSPS) is 13.0. The van der Waals surface area contributed by atoms with Crippen molar-refractivity contribution in [2.24, 2.45) is 0 Å². The zero-order chi connectivity index (χ0) is 5.86. The average molecular weight is 105 g/mol. The minimum absolute atomic E-state index is 0.569. The van der Waals surface area contributed by atoms with Crippen molar-refractivity contribution in [2.45, 2.75) is 13.1 Å². The Balaban J connectivity index is 3.35. The van der Waals surface area contributed by atoms with Crippen LogP contribution in [0.3, 0.4) is 0 Å². The molecule has 0 aliphatic rings. The first-order valence-corrected chi connectivity index (χ1v) is 2.04. The Hall–Kier alpha value is -0.600. The molecule has 3 heteroatoms. The second-order valence-corrected chi connectivity index (χ2v) is 1.23. The number of halogens is 1. The lowest BCUT2D eigenvalue weighted by Gasteiger charge is -1.95. The highest BCUT2D eigenvalue weighted by atomic mass is 19.1. The Morgan fingerprint density at radius 3 is 2.29 bits per heavy atom. The molecule has 1 N–H and O–H groups in total. The van der Waals surface area contributed by atoms with Gasteiger partial charge < -0.3 is 5.32 Å². The van der Waals surface area contributed by atoms with Crippen LogP contribution in [0.25, 0.3) is 0 Å². The van der Waals surface area contributed by atoms with Gasteiger partial charge in [-0.2, -0.15) is 0 Å². The first-order chi connectivity index (χ1) is 3.18. The van der Waals surface area contributed by atoms with Crippen molar-refractivity contribution < 1.29 is 9.18 Å². The molecule has 0 aliphatic carbocycles. The standard InChI is InChI=1S/C4H8FNO/c1-3(5)4(7)6-2/h3H,1-2H3,(H,6,7)/t3-/m1/s1. The molecular formula is C4H8FNO. The van der Waals surface area contributed by atoms with Crippen LogP contribution in [0.1, 0.15) is 6.92 Å². The minimum atomic E-state index is -1.38. The van der Waals surface area contributed by atoms with E-state index >= 15 is 0 Å². The Morgan fingerprint density at radius 1 is 1.86 bits per heavy atom. The summed E-state index contributed by atoms with van der Waals surface area (Å²) in [6, 6.07) is 0. The first kappa shape index (κ1) is 6.40. The van der Waals surface area contributed by atoms with Gasteiger partial charge in [0.15, 0.2) is 6.17 Å². The molecule has 7 heavy (non-hydrogen) atoms. The third-order valence-corrected chi connectivity index (χ3v) is 0.608. The predicted molar refractivity (Wildman–Crippen MR) is 24.6 cm³/mol. The first-order valence-electron chi connectivity index (χ1n) is 2.04. The molecule has 0 heterocycles. The third kappa shape index (κ3) is 2.14. The van der Waals surface area contributed by atoms with Crippen molar-refractivity contribution in [2.75, 3.05) is 7.05 Å². The minimum Gasteiger partial charge on any atom is -0.357 e. The number of hydrogen-bond donors (Lipinski definition) is 1. The third-order valence-electron chi connectivity index (χ3n) is 0.608. The summed E-state index contributed by atoms with van der Waals surface area (Å²) >= 11 is 0. The molecule has 1 atom stereocenters. The predicted octanol–water partition coefficient (Wildman–Crippen LogP) is 0.0904. The lowest BCUT2D eigenvalue weighted by molar-refractivity contribution is -0.124. The van der Waals surface area contributed by atoms with E-state index in [0.717, 1.165) is 0 Å². The zero-order valence-electron chi connectivity index (χ0n) is 4.36. The van der Waals surface area contributed by atoms with E-state index in [-0.39, 0.29) is 0 Å². The highest BCUT2D eigenvalue weighted by Gasteiger charge is 2.05. The molecule has 0 rings (SSSR count). The van der Waals surface area contributed by atoms with Gasteiger partial charge in [0.25, 0.3) is 5.91 Å². The van der Waals surface area contributed by atoms with Crippen molar-refractivity contribution in [1.82, 2.24) is 5.32 Å². The number of nitrogens with one attached hydrogen (secondary N) is 1. The zero-order valence-corrected chi connectivity index (χ0v) is 4.36. The number of hydrogen-bond acceptors (Lipinski definition) is 1. The molecule has 0 saturated carbocycles. The topological polar surface area (TPSA) is 29.1 Å². The Bertz CT molecular complexity index is 72.1. The summed E-state index contributed by atoms with van der Waals surface area (Å²) in [7, 11) is 1.40. The Morgan fingerprint density at radius 2 is 2.29 bits per heavy atom. The van der Waals surface area contributed by atoms with E-state index in [1.54, 1.807) is 0 Å². The fraction of sp³-hybridized carbons (Fsp3) is 0.750. The van der Waals surface area contributed by atoms with Crippen LogP contribution in [0, 0.1) is 0 Å². The molecule has 0 fully saturated rings. The molecule has 0 spiro atoms. The molecule has 0 aliphatic heterocycles. The number of amides is 1. The maximum absolute atomic E-state index is 11.7. The molecule has 0 unspecified atom stereocenters. The molecule has 2 nitrogen and oxygen atoms in total. The van der Waals surface area contributed by atoms with Gasteiger partial charge >= 0.3 is 0 Å². The van der Waals surface area contributed by atoms with Crippen LogP contribution in [0.4, 0.5) is 4.39 Å². The Labute approximate surface area is 41.7 Å². The van der Waals surface area contributed by atoms with E-state index in [4.69, 9.17) is 0 Å². The summed E-state index contributed by atoms with van der Waals surface area (Å²) in [4.78, 5) is 10.0. The second-order valence-electron chi connectivity index (χ2n) is 1.23. The van der Waals surface area contributed by atoms with Crippen molar-refractivity contribution in [3.05, 3.63) is 0 Å². The van der Waals surface area contributed by atoms with Crippen molar-refractivity contribution in [3.63, 3.8) is 0 Å². The molecule has 42 valence electrons. The SMILES string of the molecule is CNC(=O)[C@@H](C)F. The summed E-state index contributed by atoms with van der Waals surface area (Å²) < 4.78 is 11.7. The van der Waals surface area contributed by atoms with Crippen LogP contribution in [-0.2, 0) is 4.79 Å². The molecule has 0 aromatic heterocycles. The highest BCUT2D eigenvalue weighted by molar-refractivity contribution is 5.79. The highest BCUT2D eigenvalue weighted by Crippen LogP contribution is 1.83. The maximum Gasteiger partial charge on any atom is 0.253 e.